The Labute approximate surface area is 223 Å². The molecule has 0 saturated heterocycles. The molecule has 0 radical (unpaired) electrons. The summed E-state index contributed by atoms with van der Waals surface area (Å²) >= 11 is 3.45. The standard InChI is InChI=1S/C28H29BrFN3O4/c1-19-28(17-20-7-11-23(29)12-8-20,27(35)33-31-18-22-5-2-3-6-25(22)30)32-26(37-19)21-9-13-24(14-10-21)36-16-4-15-34/h2-3,5-14,19,31,34H,4,15-18H2,1H3,(H,33,35)/t19-,28-/m0/s1. The number of carbonyl (C=O) groups excluding carboxylic acids is 1. The molecule has 4 rings (SSSR count). The van der Waals surface area contributed by atoms with Crippen LogP contribution in [0, 0.1) is 5.82 Å². The highest BCUT2D eigenvalue weighted by Crippen LogP contribution is 2.33. The summed E-state index contributed by atoms with van der Waals surface area (Å²) in [6, 6.07) is 21.3. The summed E-state index contributed by atoms with van der Waals surface area (Å²) < 4.78 is 26.7. The topological polar surface area (TPSA) is 92.2 Å². The maximum Gasteiger partial charge on any atom is 0.266 e. The van der Waals surface area contributed by atoms with Crippen molar-refractivity contribution in [2.24, 2.45) is 4.99 Å². The minimum absolute atomic E-state index is 0.0677. The predicted molar refractivity (Wildman–Crippen MR) is 143 cm³/mol. The van der Waals surface area contributed by atoms with Gasteiger partial charge in [-0.15, -0.1) is 0 Å². The van der Waals surface area contributed by atoms with E-state index in [0.717, 1.165) is 10.0 Å². The zero-order valence-corrected chi connectivity index (χ0v) is 22.0. The van der Waals surface area contributed by atoms with Crippen LogP contribution >= 0.6 is 15.9 Å². The van der Waals surface area contributed by atoms with Crippen LogP contribution in [0.25, 0.3) is 0 Å². The largest absolute Gasteiger partial charge is 0.494 e. The molecule has 37 heavy (non-hydrogen) atoms. The third-order valence-corrected chi connectivity index (χ3v) is 6.68. The lowest BCUT2D eigenvalue weighted by molar-refractivity contribution is -0.129. The second kappa shape index (κ2) is 12.3. The van der Waals surface area contributed by atoms with Crippen LogP contribution in [0.1, 0.15) is 30.0 Å². The summed E-state index contributed by atoms with van der Waals surface area (Å²) in [5.74, 6) is 0.296. The lowest BCUT2D eigenvalue weighted by Gasteiger charge is -2.28. The first-order valence-corrected chi connectivity index (χ1v) is 12.8. The van der Waals surface area contributed by atoms with E-state index < -0.39 is 11.6 Å². The van der Waals surface area contributed by atoms with Gasteiger partial charge in [0.25, 0.3) is 5.91 Å². The first-order chi connectivity index (χ1) is 17.9. The van der Waals surface area contributed by atoms with Crippen molar-refractivity contribution < 1.29 is 23.8 Å². The molecule has 3 aromatic carbocycles. The van der Waals surface area contributed by atoms with Gasteiger partial charge in [0.05, 0.1) is 6.61 Å². The number of ether oxygens (including phenoxy) is 2. The van der Waals surface area contributed by atoms with Gasteiger partial charge >= 0.3 is 0 Å². The number of aliphatic hydroxyl groups is 1. The number of aliphatic hydroxyl groups excluding tert-OH is 1. The fraction of sp³-hybridized carbons (Fsp3) is 0.286. The highest BCUT2D eigenvalue weighted by molar-refractivity contribution is 9.10. The van der Waals surface area contributed by atoms with Crippen molar-refractivity contribution in [2.45, 2.75) is 38.0 Å². The molecule has 9 heteroatoms. The van der Waals surface area contributed by atoms with Crippen molar-refractivity contribution in [3.63, 3.8) is 0 Å². The van der Waals surface area contributed by atoms with Crippen LogP contribution in [0.4, 0.5) is 4.39 Å². The first-order valence-electron chi connectivity index (χ1n) is 12.0. The van der Waals surface area contributed by atoms with Crippen molar-refractivity contribution in [3.05, 3.63) is 99.8 Å². The Bertz CT molecular complexity index is 1240. The van der Waals surface area contributed by atoms with E-state index in [1.165, 1.54) is 6.07 Å². The predicted octanol–water partition coefficient (Wildman–Crippen LogP) is 4.32. The van der Waals surface area contributed by atoms with Crippen molar-refractivity contribution in [2.75, 3.05) is 13.2 Å². The van der Waals surface area contributed by atoms with Gasteiger partial charge in [0.15, 0.2) is 5.54 Å². The second-order valence-corrected chi connectivity index (χ2v) is 9.67. The number of aliphatic imine (C=N–C) groups is 1. The number of rotatable bonds is 11. The molecule has 7 nitrogen and oxygen atoms in total. The Kier molecular flexibility index (Phi) is 8.91. The first kappa shape index (κ1) is 26.8. The maximum atomic E-state index is 14.0. The van der Waals surface area contributed by atoms with Crippen LogP contribution in [0.5, 0.6) is 5.75 Å². The quantitative estimate of drug-likeness (QED) is 0.236. The van der Waals surface area contributed by atoms with Crippen molar-refractivity contribution in [1.29, 1.82) is 0 Å². The molecule has 0 saturated carbocycles. The van der Waals surface area contributed by atoms with Crippen LogP contribution in [-0.4, -0.2) is 41.8 Å². The maximum absolute atomic E-state index is 14.0. The molecule has 0 spiro atoms. The molecule has 0 fully saturated rings. The van der Waals surface area contributed by atoms with E-state index in [1.807, 2.05) is 43.3 Å². The summed E-state index contributed by atoms with van der Waals surface area (Å²) in [6.45, 7) is 2.42. The molecule has 3 aromatic rings. The van der Waals surface area contributed by atoms with Crippen molar-refractivity contribution >= 4 is 27.7 Å². The summed E-state index contributed by atoms with van der Waals surface area (Å²) in [7, 11) is 0. The number of hydrogen-bond donors (Lipinski definition) is 3. The SMILES string of the molecule is C[C@@H]1OC(c2ccc(OCCCO)cc2)=N[C@]1(Cc1ccc(Br)cc1)C(=O)NNCc1ccccc1F. The molecular weight excluding hydrogens is 541 g/mol. The molecule has 3 N–H and O–H groups in total. The number of hydrazine groups is 1. The molecule has 194 valence electrons. The van der Waals surface area contributed by atoms with Crippen LogP contribution < -0.4 is 15.6 Å². The van der Waals surface area contributed by atoms with E-state index in [1.54, 1.807) is 30.3 Å². The number of benzene rings is 3. The molecule has 0 aromatic heterocycles. The zero-order valence-electron chi connectivity index (χ0n) is 20.4. The average molecular weight is 570 g/mol. The van der Waals surface area contributed by atoms with E-state index in [2.05, 4.69) is 26.8 Å². The normalized spacial score (nSPS) is 18.7. The highest BCUT2D eigenvalue weighted by atomic mass is 79.9. The molecule has 1 aliphatic rings. The third-order valence-electron chi connectivity index (χ3n) is 6.15. The molecule has 0 aliphatic carbocycles. The zero-order chi connectivity index (χ0) is 26.3. The monoisotopic (exact) mass is 569 g/mol. The fourth-order valence-electron chi connectivity index (χ4n) is 4.03. The average Bonchev–Trinajstić information content (AvgIpc) is 3.24. The van der Waals surface area contributed by atoms with Crippen molar-refractivity contribution in [3.8, 4) is 5.75 Å². The van der Waals surface area contributed by atoms with Gasteiger partial charge in [-0.3, -0.25) is 10.2 Å². The molecular formula is C28H29BrFN3O4. The molecule has 0 unspecified atom stereocenters. The van der Waals surface area contributed by atoms with E-state index in [-0.39, 0.29) is 24.9 Å². The van der Waals surface area contributed by atoms with Gasteiger partial charge in [0, 0.05) is 41.6 Å². The van der Waals surface area contributed by atoms with Crippen LogP contribution in [0.3, 0.4) is 0 Å². The summed E-state index contributed by atoms with van der Waals surface area (Å²) in [6.07, 6.45) is 0.288. The van der Waals surface area contributed by atoms with E-state index in [9.17, 15) is 9.18 Å². The minimum atomic E-state index is -1.25. The van der Waals surface area contributed by atoms with Gasteiger partial charge in [-0.2, -0.15) is 0 Å². The van der Waals surface area contributed by atoms with E-state index >= 15 is 0 Å². The molecule has 1 aliphatic heterocycles. The van der Waals surface area contributed by atoms with Gasteiger partial charge < -0.3 is 14.6 Å². The summed E-state index contributed by atoms with van der Waals surface area (Å²) in [4.78, 5) is 18.4. The number of nitrogens with zero attached hydrogens (tertiary/aromatic N) is 1. The number of nitrogens with one attached hydrogen (secondary N) is 2. The van der Waals surface area contributed by atoms with Crippen molar-refractivity contribution in [1.82, 2.24) is 10.9 Å². The molecule has 0 bridgehead atoms. The summed E-state index contributed by atoms with van der Waals surface area (Å²) in [5, 5.41) is 8.93. The number of hydrogen-bond acceptors (Lipinski definition) is 6. The van der Waals surface area contributed by atoms with E-state index in [0.29, 0.717) is 42.2 Å². The summed E-state index contributed by atoms with van der Waals surface area (Å²) in [5.41, 5.74) is 6.38. The lowest BCUT2D eigenvalue weighted by Crippen LogP contribution is -2.55. The third kappa shape index (κ3) is 6.54. The smallest absolute Gasteiger partial charge is 0.266 e. The Morgan fingerprint density at radius 3 is 2.57 bits per heavy atom. The fourth-order valence-corrected chi connectivity index (χ4v) is 4.29. The van der Waals surface area contributed by atoms with Crippen LogP contribution in [0.15, 0.2) is 82.3 Å². The molecule has 1 heterocycles. The number of amides is 1. The Hall–Kier alpha value is -3.27. The van der Waals surface area contributed by atoms with Gasteiger partial charge in [0.1, 0.15) is 17.7 Å². The lowest BCUT2D eigenvalue weighted by atomic mass is 9.86. The van der Waals surface area contributed by atoms with Gasteiger partial charge in [0.2, 0.25) is 5.90 Å². The Balaban J connectivity index is 1.56. The van der Waals surface area contributed by atoms with E-state index in [4.69, 9.17) is 19.6 Å². The minimum Gasteiger partial charge on any atom is -0.494 e. The van der Waals surface area contributed by atoms with Gasteiger partial charge in [-0.25, -0.2) is 14.8 Å². The second-order valence-electron chi connectivity index (χ2n) is 8.75. The van der Waals surface area contributed by atoms with Gasteiger partial charge in [-0.05, 0) is 55.0 Å². The van der Waals surface area contributed by atoms with Gasteiger partial charge in [-0.1, -0.05) is 46.3 Å². The number of halogens is 2. The molecule has 1 amide bonds. The highest BCUT2D eigenvalue weighted by Gasteiger charge is 2.50. The Morgan fingerprint density at radius 1 is 1.14 bits per heavy atom. The molecule has 2 atom stereocenters. The van der Waals surface area contributed by atoms with Crippen LogP contribution in [-0.2, 0) is 22.5 Å². The van der Waals surface area contributed by atoms with Crippen LogP contribution in [0.2, 0.25) is 0 Å². The number of carbonyl (C=O) groups is 1. The Morgan fingerprint density at radius 2 is 1.86 bits per heavy atom.